The highest BCUT2D eigenvalue weighted by Crippen LogP contribution is 2.18. The van der Waals surface area contributed by atoms with Crippen LogP contribution in [-0.4, -0.2) is 31.5 Å². The molecule has 1 aromatic heterocycles. The van der Waals surface area contributed by atoms with Crippen molar-refractivity contribution in [2.75, 3.05) is 12.9 Å². The highest BCUT2D eigenvalue weighted by Gasteiger charge is 1.94. The summed E-state index contributed by atoms with van der Waals surface area (Å²) in [5, 5.41) is 2.65. The van der Waals surface area contributed by atoms with Gasteiger partial charge in [0.15, 0.2) is 4.47 Å². The van der Waals surface area contributed by atoms with Crippen molar-refractivity contribution in [1.82, 2.24) is 4.98 Å². The predicted molar refractivity (Wildman–Crippen MR) is 104 cm³/mol. The Morgan fingerprint density at radius 2 is 1.95 bits per heavy atom. The molecule has 0 spiro atoms. The molecule has 0 bridgehead atoms. The first-order valence-corrected chi connectivity index (χ1v) is 11.1. The molecule has 0 atom stereocenters. The van der Waals surface area contributed by atoms with E-state index in [0.717, 1.165) is 4.88 Å². The summed E-state index contributed by atoms with van der Waals surface area (Å²) in [5.74, 6) is 0.504. The Kier molecular flexibility index (Phi) is 22.9. The van der Waals surface area contributed by atoms with Gasteiger partial charge in [-0.05, 0) is 12.2 Å². The van der Waals surface area contributed by atoms with Crippen LogP contribution in [0.5, 0.6) is 0 Å². The molecule has 0 aliphatic heterocycles. The number of nitrogens with zero attached hydrogens (tertiary/aromatic N) is 2. The molecule has 0 aliphatic carbocycles. The lowest BCUT2D eigenvalue weighted by Gasteiger charge is -1.79. The van der Waals surface area contributed by atoms with Crippen molar-refractivity contribution in [3.8, 4) is 0 Å². The molecule has 4 nitrogen and oxygen atoms in total. The van der Waals surface area contributed by atoms with E-state index in [-0.39, 0.29) is 0 Å². The number of aliphatic imine (C=N–C) groups is 1. The van der Waals surface area contributed by atoms with Crippen molar-refractivity contribution in [2.45, 2.75) is 5.88 Å². The molecule has 22 heavy (non-hydrogen) atoms. The van der Waals surface area contributed by atoms with Gasteiger partial charge in [-0.3, -0.25) is 0 Å². The largest absolute Gasteiger partial charge is 0.317 e. The fraction of sp³-hybridized carbons (Fsp3) is 0.333. The van der Waals surface area contributed by atoms with E-state index in [4.69, 9.17) is 43.2 Å². The minimum atomic E-state index is -3.72. The number of hydrogen-bond donors (Lipinski definition) is 0. The molecule has 0 fully saturated rings. The molecule has 1 aromatic rings. The van der Waals surface area contributed by atoms with Crippen molar-refractivity contribution in [1.29, 1.82) is 0 Å². The molecule has 0 saturated carbocycles. The van der Waals surface area contributed by atoms with Gasteiger partial charge in [0.25, 0.3) is 0 Å². The van der Waals surface area contributed by atoms with Crippen molar-refractivity contribution >= 4 is 105 Å². The molecule has 0 aromatic carbocycles. The minimum Gasteiger partial charge on any atom is -0.233 e. The van der Waals surface area contributed by atoms with Crippen LogP contribution in [0.2, 0.25) is 4.47 Å². The summed E-state index contributed by atoms with van der Waals surface area (Å²) in [7, 11) is 4.81. The van der Waals surface area contributed by atoms with Crippen LogP contribution in [0.4, 0.5) is 0 Å². The van der Waals surface area contributed by atoms with Crippen molar-refractivity contribution in [2.24, 2.45) is 4.99 Å². The molecule has 0 radical (unpaired) electrons. The Balaban J connectivity index is -0.000000239. The zero-order chi connectivity index (χ0) is 18.2. The van der Waals surface area contributed by atoms with Crippen molar-refractivity contribution < 1.29 is 8.42 Å². The first-order chi connectivity index (χ1) is 10.1. The zero-order valence-corrected chi connectivity index (χ0v) is 17.9. The summed E-state index contributed by atoms with van der Waals surface area (Å²) in [6, 6.07) is 0. The van der Waals surface area contributed by atoms with Crippen molar-refractivity contribution in [3.63, 3.8) is 0 Å². The SMILES string of the molecule is C=C(Cl)CN=C=S.CCl.ClCc1cnc(Cl)s1.O=S(=O)(Cl)Cl. The number of halogens is 6. The van der Waals surface area contributed by atoms with E-state index < -0.39 is 8.26 Å². The summed E-state index contributed by atoms with van der Waals surface area (Å²) < 4.78 is 18.9. The summed E-state index contributed by atoms with van der Waals surface area (Å²) in [6.07, 6.45) is 3.15. The summed E-state index contributed by atoms with van der Waals surface area (Å²) in [5.41, 5.74) is 0. The second-order valence-electron chi connectivity index (χ2n) is 2.52. The molecule has 0 amide bonds. The maximum Gasteiger partial charge on any atom is 0.317 e. The topological polar surface area (TPSA) is 59.4 Å². The quantitative estimate of drug-likeness (QED) is 0.229. The first kappa shape index (κ1) is 27.7. The lowest BCUT2D eigenvalue weighted by atomic mass is 10.6. The van der Waals surface area contributed by atoms with E-state index in [1.54, 1.807) is 6.20 Å². The maximum atomic E-state index is 9.16. The molecule has 0 aliphatic rings. The lowest BCUT2D eigenvalue weighted by Crippen LogP contribution is -1.71. The number of thiocarbonyl (C=S) groups is 1. The zero-order valence-electron chi connectivity index (χ0n) is 10.9. The van der Waals surface area contributed by atoms with Crippen LogP contribution < -0.4 is 0 Å². The number of thiazole rings is 1. The number of aromatic nitrogens is 1. The van der Waals surface area contributed by atoms with Crippen molar-refractivity contribution in [3.05, 3.63) is 27.2 Å². The normalized spacial score (nSPS) is 8.68. The number of rotatable bonds is 3. The molecular formula is C9H10Cl6N2O2S3. The monoisotopic (exact) mass is 484 g/mol. The molecule has 0 saturated heterocycles. The van der Waals surface area contributed by atoms with Crippen LogP contribution in [0, 0.1) is 0 Å². The third-order valence-electron chi connectivity index (χ3n) is 0.972. The standard InChI is InChI=1S/C4H3Cl2NS.C4H4ClNS.CH3Cl.Cl2O2S/c5-1-3-2-7-4(6)8-3;1-4(5)2-6-3-7;1-2;1-5(2,3)4/h2H,1H2;1-2H2;1H3;. The van der Waals surface area contributed by atoms with E-state index in [1.807, 2.05) is 0 Å². The fourth-order valence-electron chi connectivity index (χ4n) is 0.463. The Bertz CT molecular complexity index is 549. The van der Waals surface area contributed by atoms with Gasteiger partial charge in [-0.2, -0.15) is 8.42 Å². The lowest BCUT2D eigenvalue weighted by molar-refractivity contribution is 0.621. The first-order valence-electron chi connectivity index (χ1n) is 4.65. The predicted octanol–water partition coefficient (Wildman–Crippen LogP) is 5.94. The highest BCUT2D eigenvalue weighted by atomic mass is 36.0. The molecule has 128 valence electrons. The summed E-state index contributed by atoms with van der Waals surface area (Å²) >= 11 is 26.5. The number of alkyl halides is 2. The Morgan fingerprint density at radius 1 is 1.50 bits per heavy atom. The van der Waals surface area contributed by atoms with Gasteiger partial charge in [0.05, 0.1) is 17.6 Å². The summed E-state index contributed by atoms with van der Waals surface area (Å²) in [4.78, 5) is 8.30. The molecule has 0 N–H and O–H groups in total. The molecule has 1 heterocycles. The van der Waals surface area contributed by atoms with Gasteiger partial charge in [-0.1, -0.05) is 29.8 Å². The van der Waals surface area contributed by atoms with Gasteiger partial charge < -0.3 is 0 Å². The highest BCUT2D eigenvalue weighted by molar-refractivity contribution is 8.31. The van der Waals surface area contributed by atoms with E-state index in [9.17, 15) is 0 Å². The number of isothiocyanates is 1. The second-order valence-corrected chi connectivity index (χ2v) is 8.87. The van der Waals surface area contributed by atoms with Gasteiger partial charge in [-0.15, -0.1) is 34.5 Å². The molecule has 1 rings (SSSR count). The van der Waals surface area contributed by atoms with Crippen LogP contribution in [0.15, 0.2) is 22.8 Å². The summed E-state index contributed by atoms with van der Waals surface area (Å²) in [6.45, 7) is 3.76. The van der Waals surface area contributed by atoms with Gasteiger partial charge >= 0.3 is 8.26 Å². The van der Waals surface area contributed by atoms with E-state index >= 15 is 0 Å². The molecular weight excluding hydrogens is 477 g/mol. The smallest absolute Gasteiger partial charge is 0.233 e. The fourth-order valence-corrected chi connectivity index (χ4v) is 1.65. The average Bonchev–Trinajstić information content (AvgIpc) is 2.83. The molecule has 13 heteroatoms. The Hall–Kier alpha value is 0.860. The van der Waals surface area contributed by atoms with Crippen LogP contribution in [0.1, 0.15) is 4.88 Å². The minimum absolute atomic E-state index is 0.380. The van der Waals surface area contributed by atoms with Crippen LogP contribution >= 0.6 is 91.3 Å². The second kappa shape index (κ2) is 18.2. The third-order valence-corrected chi connectivity index (χ3v) is 2.78. The van der Waals surface area contributed by atoms with Crippen LogP contribution in [0.3, 0.4) is 0 Å². The number of hydrogen-bond acceptors (Lipinski definition) is 6. The van der Waals surface area contributed by atoms with E-state index in [1.165, 1.54) is 17.7 Å². The van der Waals surface area contributed by atoms with Gasteiger partial charge in [-0.25, -0.2) is 9.98 Å². The van der Waals surface area contributed by atoms with Crippen LogP contribution in [-0.2, 0) is 14.1 Å². The molecule has 0 unspecified atom stereocenters. The van der Waals surface area contributed by atoms with Gasteiger partial charge in [0.1, 0.15) is 0 Å². The average molecular weight is 487 g/mol. The van der Waals surface area contributed by atoms with Gasteiger partial charge in [0.2, 0.25) is 0 Å². The Labute approximate surface area is 168 Å². The van der Waals surface area contributed by atoms with E-state index in [0.29, 0.717) is 21.9 Å². The van der Waals surface area contributed by atoms with E-state index in [2.05, 4.69) is 66.9 Å². The van der Waals surface area contributed by atoms with Gasteiger partial charge in [0, 0.05) is 43.9 Å². The Morgan fingerprint density at radius 3 is 2.09 bits per heavy atom. The third kappa shape index (κ3) is 32.7. The maximum absolute atomic E-state index is 9.16. The van der Waals surface area contributed by atoms with Crippen LogP contribution in [0.25, 0.3) is 0 Å².